The minimum Gasteiger partial charge on any atom is -0.497 e. The first kappa shape index (κ1) is 15.6. The Hall–Kier alpha value is -3.27. The Morgan fingerprint density at radius 3 is 2.46 bits per heavy atom. The highest BCUT2D eigenvalue weighted by molar-refractivity contribution is 5.94. The molecule has 0 heterocycles. The van der Waals surface area contributed by atoms with Crippen LogP contribution in [0.1, 0.15) is 5.56 Å². The second kappa shape index (κ2) is 7.33. The zero-order chi connectivity index (χ0) is 16.8. The van der Waals surface area contributed by atoms with Gasteiger partial charge in [0.1, 0.15) is 5.75 Å². The lowest BCUT2D eigenvalue weighted by Crippen LogP contribution is -2.23. The van der Waals surface area contributed by atoms with Crippen LogP contribution in [0.2, 0.25) is 0 Å². The van der Waals surface area contributed by atoms with E-state index in [1.54, 1.807) is 13.3 Å². The van der Waals surface area contributed by atoms with Crippen molar-refractivity contribution in [3.63, 3.8) is 0 Å². The highest BCUT2D eigenvalue weighted by Crippen LogP contribution is 2.18. The molecule has 0 spiro atoms. The van der Waals surface area contributed by atoms with E-state index < -0.39 is 0 Å². The standard InChI is InChI=1S/C20H18N2O2/c1-24-19-10-6-15(7-11-19)12-13-21-20(23)22-18-9-8-16-4-2-3-5-17(16)14-18/h2-14H,1H3,(H2,21,22,23)/b13-12+. The highest BCUT2D eigenvalue weighted by Gasteiger charge is 2.00. The summed E-state index contributed by atoms with van der Waals surface area (Å²) in [6, 6.07) is 21.1. The number of carbonyl (C=O) groups is 1. The van der Waals surface area contributed by atoms with Crippen LogP contribution in [0.5, 0.6) is 5.75 Å². The Balaban J connectivity index is 1.58. The SMILES string of the molecule is COc1ccc(/C=C/NC(=O)Nc2ccc3ccccc3c2)cc1. The quantitative estimate of drug-likeness (QED) is 0.736. The maximum Gasteiger partial charge on any atom is 0.323 e. The van der Waals surface area contributed by atoms with Crippen LogP contribution < -0.4 is 15.4 Å². The Morgan fingerprint density at radius 2 is 1.71 bits per heavy atom. The van der Waals surface area contributed by atoms with Crippen LogP contribution >= 0.6 is 0 Å². The van der Waals surface area contributed by atoms with Crippen LogP contribution in [-0.2, 0) is 0 Å². The Bertz CT molecular complexity index is 870. The normalized spacial score (nSPS) is 10.7. The average Bonchev–Trinajstić information content (AvgIpc) is 2.62. The number of amides is 2. The third-order valence-corrected chi connectivity index (χ3v) is 3.61. The maximum absolute atomic E-state index is 11.9. The van der Waals surface area contributed by atoms with Crippen molar-refractivity contribution in [2.24, 2.45) is 0 Å². The van der Waals surface area contributed by atoms with Gasteiger partial charge in [0.2, 0.25) is 0 Å². The van der Waals surface area contributed by atoms with E-state index in [4.69, 9.17) is 4.74 Å². The minimum absolute atomic E-state index is 0.282. The van der Waals surface area contributed by atoms with E-state index in [-0.39, 0.29) is 6.03 Å². The van der Waals surface area contributed by atoms with Gasteiger partial charge in [-0.25, -0.2) is 4.79 Å². The van der Waals surface area contributed by atoms with Crippen molar-refractivity contribution in [1.29, 1.82) is 0 Å². The molecule has 0 atom stereocenters. The van der Waals surface area contributed by atoms with Crippen molar-refractivity contribution in [3.05, 3.63) is 78.5 Å². The molecule has 0 aliphatic rings. The van der Waals surface area contributed by atoms with Gasteiger partial charge >= 0.3 is 6.03 Å². The summed E-state index contributed by atoms with van der Waals surface area (Å²) in [5.41, 5.74) is 1.73. The van der Waals surface area contributed by atoms with Gasteiger partial charge in [-0.15, -0.1) is 0 Å². The van der Waals surface area contributed by atoms with Gasteiger partial charge in [-0.2, -0.15) is 0 Å². The molecule has 120 valence electrons. The molecule has 4 heteroatoms. The molecule has 0 aliphatic carbocycles. The largest absolute Gasteiger partial charge is 0.497 e. The van der Waals surface area contributed by atoms with Crippen molar-refractivity contribution in [2.45, 2.75) is 0 Å². The number of benzene rings is 3. The molecule has 0 aromatic heterocycles. The summed E-state index contributed by atoms with van der Waals surface area (Å²) >= 11 is 0. The van der Waals surface area contributed by atoms with E-state index in [9.17, 15) is 4.79 Å². The molecule has 0 bridgehead atoms. The molecule has 0 aliphatic heterocycles. The molecule has 3 aromatic carbocycles. The fourth-order valence-electron chi connectivity index (χ4n) is 2.36. The number of nitrogens with one attached hydrogen (secondary N) is 2. The van der Waals surface area contributed by atoms with Gasteiger partial charge in [0.05, 0.1) is 7.11 Å². The van der Waals surface area contributed by atoms with Gasteiger partial charge in [-0.3, -0.25) is 0 Å². The summed E-state index contributed by atoms with van der Waals surface area (Å²) in [6.07, 6.45) is 3.43. The summed E-state index contributed by atoms with van der Waals surface area (Å²) < 4.78 is 5.10. The molecule has 0 saturated heterocycles. The smallest absolute Gasteiger partial charge is 0.323 e. The zero-order valence-corrected chi connectivity index (χ0v) is 13.3. The molecule has 0 unspecified atom stereocenters. The predicted molar refractivity (Wildman–Crippen MR) is 98.1 cm³/mol. The molecule has 3 rings (SSSR count). The van der Waals surface area contributed by atoms with Gasteiger partial charge < -0.3 is 15.4 Å². The summed E-state index contributed by atoms with van der Waals surface area (Å²) in [6.45, 7) is 0. The van der Waals surface area contributed by atoms with Crippen molar-refractivity contribution in [1.82, 2.24) is 5.32 Å². The van der Waals surface area contributed by atoms with Crippen LogP contribution in [-0.4, -0.2) is 13.1 Å². The molecule has 0 fully saturated rings. The lowest BCUT2D eigenvalue weighted by molar-refractivity contribution is 0.255. The van der Waals surface area contributed by atoms with Crippen LogP contribution in [0.15, 0.2) is 72.9 Å². The fourth-order valence-corrected chi connectivity index (χ4v) is 2.36. The molecular weight excluding hydrogens is 300 g/mol. The van der Waals surface area contributed by atoms with E-state index in [2.05, 4.69) is 10.6 Å². The molecule has 2 N–H and O–H groups in total. The number of hydrogen-bond acceptors (Lipinski definition) is 2. The molecule has 4 nitrogen and oxygen atoms in total. The molecular formula is C20H18N2O2. The van der Waals surface area contributed by atoms with Crippen LogP contribution in [0.25, 0.3) is 16.8 Å². The Kier molecular flexibility index (Phi) is 4.77. The number of hydrogen-bond donors (Lipinski definition) is 2. The van der Waals surface area contributed by atoms with E-state index >= 15 is 0 Å². The first-order chi connectivity index (χ1) is 11.7. The summed E-state index contributed by atoms with van der Waals surface area (Å²) in [7, 11) is 1.63. The van der Waals surface area contributed by atoms with Gasteiger partial charge in [-0.05, 0) is 46.7 Å². The van der Waals surface area contributed by atoms with Crippen LogP contribution in [0.4, 0.5) is 10.5 Å². The summed E-state index contributed by atoms with van der Waals surface area (Å²) in [5, 5.41) is 7.74. The van der Waals surface area contributed by atoms with Gasteiger partial charge in [0, 0.05) is 11.9 Å². The monoisotopic (exact) mass is 318 g/mol. The second-order valence-corrected chi connectivity index (χ2v) is 5.27. The van der Waals surface area contributed by atoms with Gasteiger partial charge in [-0.1, -0.05) is 42.5 Å². The summed E-state index contributed by atoms with van der Waals surface area (Å²) in [4.78, 5) is 11.9. The zero-order valence-electron chi connectivity index (χ0n) is 13.3. The Morgan fingerprint density at radius 1 is 0.958 bits per heavy atom. The first-order valence-electron chi connectivity index (χ1n) is 7.61. The number of rotatable bonds is 4. The van der Waals surface area contributed by atoms with Crippen molar-refractivity contribution >= 4 is 28.6 Å². The number of ether oxygens (including phenoxy) is 1. The minimum atomic E-state index is -0.282. The average molecular weight is 318 g/mol. The fraction of sp³-hybridized carbons (Fsp3) is 0.0500. The molecule has 3 aromatic rings. The van der Waals surface area contributed by atoms with E-state index in [1.807, 2.05) is 72.8 Å². The van der Waals surface area contributed by atoms with E-state index in [1.165, 1.54) is 0 Å². The second-order valence-electron chi connectivity index (χ2n) is 5.27. The first-order valence-corrected chi connectivity index (χ1v) is 7.61. The Labute approximate surface area is 140 Å². The van der Waals surface area contributed by atoms with Crippen LogP contribution in [0.3, 0.4) is 0 Å². The lowest BCUT2D eigenvalue weighted by atomic mass is 10.1. The molecule has 24 heavy (non-hydrogen) atoms. The van der Waals surface area contributed by atoms with E-state index in [0.29, 0.717) is 0 Å². The number of methoxy groups -OCH3 is 1. The lowest BCUT2D eigenvalue weighted by Gasteiger charge is -2.06. The molecule has 0 saturated carbocycles. The number of urea groups is 1. The summed E-state index contributed by atoms with van der Waals surface area (Å²) in [5.74, 6) is 0.800. The highest BCUT2D eigenvalue weighted by atomic mass is 16.5. The predicted octanol–water partition coefficient (Wildman–Crippen LogP) is 4.64. The molecule has 0 radical (unpaired) electrons. The topological polar surface area (TPSA) is 50.4 Å². The van der Waals surface area contributed by atoms with Gasteiger partial charge in [0.25, 0.3) is 0 Å². The van der Waals surface area contributed by atoms with Gasteiger partial charge in [0.15, 0.2) is 0 Å². The van der Waals surface area contributed by atoms with Crippen molar-refractivity contribution in [3.8, 4) is 5.75 Å². The van der Waals surface area contributed by atoms with Crippen LogP contribution in [0, 0.1) is 0 Å². The number of carbonyl (C=O) groups excluding carboxylic acids is 1. The number of fused-ring (bicyclic) bond motifs is 1. The number of anilines is 1. The van der Waals surface area contributed by atoms with E-state index in [0.717, 1.165) is 27.8 Å². The third-order valence-electron chi connectivity index (χ3n) is 3.61. The molecule has 2 amide bonds. The maximum atomic E-state index is 11.9. The third kappa shape index (κ3) is 3.93. The van der Waals surface area contributed by atoms with Crippen molar-refractivity contribution in [2.75, 3.05) is 12.4 Å². The van der Waals surface area contributed by atoms with Crippen molar-refractivity contribution < 1.29 is 9.53 Å².